The molecule has 0 unspecified atom stereocenters. The number of aromatic carboxylic acids is 1. The highest BCUT2D eigenvalue weighted by Crippen LogP contribution is 2.16. The van der Waals surface area contributed by atoms with Gasteiger partial charge in [-0.3, -0.25) is 10.2 Å². The Balaban J connectivity index is 0.000000705. The van der Waals surface area contributed by atoms with Crippen LogP contribution in [0, 0.1) is 5.41 Å². The van der Waals surface area contributed by atoms with Crippen molar-refractivity contribution in [2.24, 2.45) is 11.5 Å². The van der Waals surface area contributed by atoms with Crippen LogP contribution in [0.2, 0.25) is 0 Å². The number of phenols is 1. The molecule has 2 rings (SSSR count). The van der Waals surface area contributed by atoms with E-state index in [1.165, 1.54) is 6.07 Å². The molecular weight excluding hydrogens is 324 g/mol. The molecule has 0 bridgehead atoms. The molecule has 8 N–H and O–H groups in total. The third kappa shape index (κ3) is 7.51. The van der Waals surface area contributed by atoms with E-state index >= 15 is 0 Å². The Bertz CT molecular complexity index is 741. The van der Waals surface area contributed by atoms with E-state index in [4.69, 9.17) is 10.5 Å². The lowest BCUT2D eigenvalue weighted by Crippen LogP contribution is -2.20. The standard InChI is InChI=1S/C16H15NO4.CH5N3/c18-12-8-5-11(6-9-12)7-10-15(19)17-14-4-2-1-3-13(14)16(20)21;2-1(3)4/h1-6,8-9,18H,7,10H2,(H,17,19)(H,20,21);(H5,2,3,4). The summed E-state index contributed by atoms with van der Waals surface area (Å²) in [6, 6.07) is 12.9. The van der Waals surface area contributed by atoms with Gasteiger partial charge in [0.1, 0.15) is 5.75 Å². The summed E-state index contributed by atoms with van der Waals surface area (Å²) >= 11 is 0. The first-order valence-electron chi connectivity index (χ1n) is 7.29. The maximum atomic E-state index is 11.9. The van der Waals surface area contributed by atoms with E-state index < -0.39 is 5.97 Å². The number of hydrogen-bond acceptors (Lipinski definition) is 4. The molecule has 0 aliphatic carbocycles. The number of nitrogens with two attached hydrogens (primary N) is 2. The number of guanidine groups is 1. The average molecular weight is 344 g/mol. The molecule has 0 heterocycles. The molecule has 8 heteroatoms. The number of rotatable bonds is 5. The largest absolute Gasteiger partial charge is 0.508 e. The maximum Gasteiger partial charge on any atom is 0.337 e. The van der Waals surface area contributed by atoms with Crippen molar-refractivity contribution in [2.75, 3.05) is 5.32 Å². The van der Waals surface area contributed by atoms with Crippen LogP contribution in [-0.2, 0) is 11.2 Å². The maximum absolute atomic E-state index is 11.9. The number of carbonyl (C=O) groups is 2. The minimum absolute atomic E-state index is 0.0653. The van der Waals surface area contributed by atoms with E-state index in [0.717, 1.165) is 5.56 Å². The Hall–Kier alpha value is -3.55. The first kappa shape index (κ1) is 19.5. The summed E-state index contributed by atoms with van der Waals surface area (Å²) in [5.41, 5.74) is 10.2. The molecule has 1 amide bonds. The zero-order valence-corrected chi connectivity index (χ0v) is 13.4. The van der Waals surface area contributed by atoms with E-state index in [1.54, 1.807) is 42.5 Å². The molecule has 0 radical (unpaired) electrons. The summed E-state index contributed by atoms with van der Waals surface area (Å²) in [6.07, 6.45) is 0.750. The number of benzene rings is 2. The highest BCUT2D eigenvalue weighted by Gasteiger charge is 2.11. The van der Waals surface area contributed by atoms with Crippen LogP contribution in [-0.4, -0.2) is 28.0 Å². The number of para-hydroxylation sites is 1. The lowest BCUT2D eigenvalue weighted by molar-refractivity contribution is -0.116. The van der Waals surface area contributed by atoms with E-state index in [1.807, 2.05) is 0 Å². The third-order valence-corrected chi connectivity index (χ3v) is 3.01. The van der Waals surface area contributed by atoms with Crippen LogP contribution in [0.4, 0.5) is 5.69 Å². The van der Waals surface area contributed by atoms with Crippen LogP contribution in [0.5, 0.6) is 5.75 Å². The van der Waals surface area contributed by atoms with Gasteiger partial charge in [0.15, 0.2) is 5.96 Å². The Kier molecular flexibility index (Phi) is 7.45. The third-order valence-electron chi connectivity index (χ3n) is 3.01. The van der Waals surface area contributed by atoms with Crippen LogP contribution in [0.15, 0.2) is 48.5 Å². The van der Waals surface area contributed by atoms with Crippen molar-refractivity contribution in [2.45, 2.75) is 12.8 Å². The Morgan fingerprint density at radius 2 is 1.60 bits per heavy atom. The van der Waals surface area contributed by atoms with E-state index in [-0.39, 0.29) is 29.6 Å². The molecule has 132 valence electrons. The van der Waals surface area contributed by atoms with Gasteiger partial charge in [-0.1, -0.05) is 24.3 Å². The summed E-state index contributed by atoms with van der Waals surface area (Å²) in [7, 11) is 0. The second-order valence-electron chi connectivity index (χ2n) is 5.02. The summed E-state index contributed by atoms with van der Waals surface area (Å²) in [5.74, 6) is -1.49. The van der Waals surface area contributed by atoms with Crippen LogP contribution >= 0.6 is 0 Å². The molecule has 2 aromatic carbocycles. The smallest absolute Gasteiger partial charge is 0.337 e. The van der Waals surface area contributed by atoms with Crippen molar-refractivity contribution in [1.29, 1.82) is 5.41 Å². The van der Waals surface area contributed by atoms with E-state index in [2.05, 4.69) is 16.8 Å². The molecule has 8 nitrogen and oxygen atoms in total. The first-order chi connectivity index (χ1) is 11.8. The van der Waals surface area contributed by atoms with Gasteiger partial charge in [0, 0.05) is 6.42 Å². The van der Waals surface area contributed by atoms with Crippen LogP contribution in [0.25, 0.3) is 0 Å². The summed E-state index contributed by atoms with van der Waals surface area (Å²) in [4.78, 5) is 22.9. The highest BCUT2D eigenvalue weighted by molar-refractivity contribution is 6.00. The van der Waals surface area contributed by atoms with Crippen molar-refractivity contribution in [3.63, 3.8) is 0 Å². The number of carboxylic acids is 1. The van der Waals surface area contributed by atoms with Gasteiger partial charge in [0.2, 0.25) is 5.91 Å². The molecule has 0 aromatic heterocycles. The van der Waals surface area contributed by atoms with Gasteiger partial charge in [-0.2, -0.15) is 0 Å². The highest BCUT2D eigenvalue weighted by atomic mass is 16.4. The Morgan fingerprint density at radius 1 is 1.04 bits per heavy atom. The van der Waals surface area contributed by atoms with Crippen LogP contribution < -0.4 is 16.8 Å². The van der Waals surface area contributed by atoms with Crippen LogP contribution in [0.1, 0.15) is 22.3 Å². The van der Waals surface area contributed by atoms with Crippen LogP contribution in [0.3, 0.4) is 0 Å². The SMILES string of the molecule is N=C(N)N.O=C(CCc1ccc(O)cc1)Nc1ccccc1C(=O)O. The van der Waals surface area contributed by atoms with Crippen molar-refractivity contribution in [3.05, 3.63) is 59.7 Å². The summed E-state index contributed by atoms with van der Waals surface area (Å²) in [6.45, 7) is 0. The number of carbonyl (C=O) groups excluding carboxylic acids is 1. The van der Waals surface area contributed by atoms with Gasteiger partial charge < -0.3 is 27.0 Å². The van der Waals surface area contributed by atoms with Gasteiger partial charge in [-0.25, -0.2) is 4.79 Å². The lowest BCUT2D eigenvalue weighted by Gasteiger charge is -2.08. The van der Waals surface area contributed by atoms with Gasteiger partial charge in [0.05, 0.1) is 11.3 Å². The number of nitrogens with one attached hydrogen (secondary N) is 2. The molecule has 0 saturated heterocycles. The normalized spacial score (nSPS) is 9.44. The Labute approximate surface area is 144 Å². The molecule has 0 aliphatic rings. The van der Waals surface area contributed by atoms with E-state index in [9.17, 15) is 14.7 Å². The summed E-state index contributed by atoms with van der Waals surface area (Å²) in [5, 5.41) is 26.9. The number of carboxylic acid groups (broad SMARTS) is 1. The number of anilines is 1. The van der Waals surface area contributed by atoms with Gasteiger partial charge in [-0.05, 0) is 36.2 Å². The number of phenolic OH excluding ortho intramolecular Hbond substituents is 1. The van der Waals surface area contributed by atoms with Gasteiger partial charge in [0.25, 0.3) is 0 Å². The number of hydrogen-bond donors (Lipinski definition) is 6. The fourth-order valence-electron chi connectivity index (χ4n) is 1.91. The molecule has 0 aliphatic heterocycles. The van der Waals surface area contributed by atoms with Crippen molar-refractivity contribution in [1.82, 2.24) is 0 Å². The minimum atomic E-state index is -1.08. The molecule has 0 atom stereocenters. The van der Waals surface area contributed by atoms with Gasteiger partial charge >= 0.3 is 5.97 Å². The second kappa shape index (κ2) is 9.56. The minimum Gasteiger partial charge on any atom is -0.508 e. The predicted octanol–water partition coefficient (Wildman–Crippen LogP) is 1.50. The fraction of sp³-hybridized carbons (Fsp3) is 0.118. The molecule has 25 heavy (non-hydrogen) atoms. The summed E-state index contributed by atoms with van der Waals surface area (Å²) < 4.78 is 0. The van der Waals surface area contributed by atoms with Crippen molar-refractivity contribution in [3.8, 4) is 5.75 Å². The van der Waals surface area contributed by atoms with Crippen molar-refractivity contribution >= 4 is 23.5 Å². The van der Waals surface area contributed by atoms with Crippen molar-refractivity contribution < 1.29 is 19.8 Å². The predicted molar refractivity (Wildman–Crippen MR) is 94.6 cm³/mol. The lowest BCUT2D eigenvalue weighted by atomic mass is 10.1. The zero-order chi connectivity index (χ0) is 18.8. The first-order valence-corrected chi connectivity index (χ1v) is 7.29. The zero-order valence-electron chi connectivity index (χ0n) is 13.4. The quantitative estimate of drug-likeness (QED) is 0.355. The molecule has 0 spiro atoms. The van der Waals surface area contributed by atoms with E-state index in [0.29, 0.717) is 12.1 Å². The second-order valence-corrected chi connectivity index (χ2v) is 5.02. The molecule has 0 saturated carbocycles. The molecule has 2 aromatic rings. The fourth-order valence-corrected chi connectivity index (χ4v) is 1.91. The monoisotopic (exact) mass is 344 g/mol. The van der Waals surface area contributed by atoms with Gasteiger partial charge in [-0.15, -0.1) is 0 Å². The number of aryl methyl sites for hydroxylation is 1. The molecular formula is C17H20N4O4. The number of amides is 1. The average Bonchev–Trinajstić information content (AvgIpc) is 2.54. The Morgan fingerprint density at radius 3 is 2.16 bits per heavy atom. The topological polar surface area (TPSA) is 163 Å². The number of aromatic hydroxyl groups is 1. The molecule has 0 fully saturated rings.